The van der Waals surface area contributed by atoms with Crippen LogP contribution < -0.4 is 21.3 Å². The maximum atomic E-state index is 6.04. The number of aromatic nitrogens is 3. The number of hydrogen-bond acceptors (Lipinski definition) is 7. The topological polar surface area (TPSA) is 98.0 Å². The fraction of sp³-hybridized carbons (Fsp3) is 0.250. The van der Waals surface area contributed by atoms with Crippen LogP contribution in [0.3, 0.4) is 0 Å². The van der Waals surface area contributed by atoms with Gasteiger partial charge in [0.1, 0.15) is 0 Å². The van der Waals surface area contributed by atoms with Crippen LogP contribution in [0.25, 0.3) is 0 Å². The van der Waals surface area contributed by atoms with Crippen molar-refractivity contribution in [2.24, 2.45) is 5.84 Å². The second-order valence-corrected chi connectivity index (χ2v) is 5.50. The van der Waals surface area contributed by atoms with Gasteiger partial charge in [-0.3, -0.25) is 5.43 Å². The molecule has 0 saturated carbocycles. The normalized spacial score (nSPS) is 10.6. The summed E-state index contributed by atoms with van der Waals surface area (Å²) >= 11 is 9.44. The molecule has 0 spiro atoms. The SMILES string of the molecule is CC(C)Oc1nc(NN)nc(Nc2cccc(Cl)c2Br)n1. The smallest absolute Gasteiger partial charge is 0.323 e. The number of ether oxygens (including phenoxy) is 1. The zero-order valence-corrected chi connectivity index (χ0v) is 13.7. The molecule has 0 aliphatic rings. The molecule has 9 heteroatoms. The molecule has 0 aliphatic carbocycles. The van der Waals surface area contributed by atoms with E-state index in [1.807, 2.05) is 26.0 Å². The van der Waals surface area contributed by atoms with E-state index in [1.54, 1.807) is 6.07 Å². The Morgan fingerprint density at radius 1 is 1.24 bits per heavy atom. The van der Waals surface area contributed by atoms with Gasteiger partial charge in [-0.05, 0) is 41.9 Å². The molecule has 1 aromatic heterocycles. The molecule has 0 amide bonds. The van der Waals surface area contributed by atoms with Gasteiger partial charge in [-0.15, -0.1) is 0 Å². The Morgan fingerprint density at radius 3 is 2.62 bits per heavy atom. The van der Waals surface area contributed by atoms with E-state index in [0.717, 1.165) is 0 Å². The van der Waals surface area contributed by atoms with E-state index < -0.39 is 0 Å². The van der Waals surface area contributed by atoms with E-state index >= 15 is 0 Å². The van der Waals surface area contributed by atoms with E-state index in [1.165, 1.54) is 0 Å². The zero-order chi connectivity index (χ0) is 15.4. The van der Waals surface area contributed by atoms with Crippen molar-refractivity contribution in [2.75, 3.05) is 10.7 Å². The number of nitrogens with zero attached hydrogens (tertiary/aromatic N) is 3. The van der Waals surface area contributed by atoms with Gasteiger partial charge in [0.2, 0.25) is 11.9 Å². The number of nitrogens with one attached hydrogen (secondary N) is 2. The molecule has 0 aliphatic heterocycles. The van der Waals surface area contributed by atoms with Gasteiger partial charge in [0.25, 0.3) is 0 Å². The number of halogens is 2. The first-order chi connectivity index (χ1) is 9.99. The molecule has 0 bridgehead atoms. The van der Waals surface area contributed by atoms with Gasteiger partial charge in [-0.1, -0.05) is 17.7 Å². The molecule has 4 N–H and O–H groups in total. The van der Waals surface area contributed by atoms with Crippen LogP contribution in [-0.2, 0) is 0 Å². The lowest BCUT2D eigenvalue weighted by molar-refractivity contribution is 0.222. The van der Waals surface area contributed by atoms with Gasteiger partial charge in [-0.2, -0.15) is 15.0 Å². The van der Waals surface area contributed by atoms with Gasteiger partial charge in [0.05, 0.1) is 21.3 Å². The third-order valence-electron chi connectivity index (χ3n) is 2.28. The van der Waals surface area contributed by atoms with E-state index in [9.17, 15) is 0 Å². The summed E-state index contributed by atoms with van der Waals surface area (Å²) in [5.74, 6) is 5.83. The molecular weight excluding hydrogens is 360 g/mol. The fourth-order valence-corrected chi connectivity index (χ4v) is 2.00. The van der Waals surface area contributed by atoms with Crippen molar-refractivity contribution < 1.29 is 4.74 Å². The highest BCUT2D eigenvalue weighted by Crippen LogP contribution is 2.31. The second kappa shape index (κ2) is 6.88. The molecule has 0 atom stereocenters. The summed E-state index contributed by atoms with van der Waals surface area (Å²) in [7, 11) is 0. The highest BCUT2D eigenvalue weighted by atomic mass is 79.9. The highest BCUT2D eigenvalue weighted by molar-refractivity contribution is 9.10. The van der Waals surface area contributed by atoms with Crippen molar-refractivity contribution >= 4 is 45.1 Å². The van der Waals surface area contributed by atoms with Crippen LogP contribution in [0.2, 0.25) is 5.02 Å². The average molecular weight is 374 g/mol. The standard InChI is InChI=1S/C12H14BrClN6O/c1-6(2)21-12-18-10(17-11(19-12)20-15)16-8-5-3-4-7(14)9(8)13/h3-6H,15H2,1-2H3,(H2,16,17,18,19,20). The quantitative estimate of drug-likeness (QED) is 0.547. The molecule has 21 heavy (non-hydrogen) atoms. The second-order valence-electron chi connectivity index (χ2n) is 4.30. The third-order valence-corrected chi connectivity index (χ3v) is 3.68. The van der Waals surface area contributed by atoms with Crippen molar-refractivity contribution in [1.82, 2.24) is 15.0 Å². The highest BCUT2D eigenvalue weighted by Gasteiger charge is 2.11. The van der Waals surface area contributed by atoms with E-state index in [-0.39, 0.29) is 24.0 Å². The van der Waals surface area contributed by atoms with E-state index in [4.69, 9.17) is 22.2 Å². The number of nitrogens with two attached hydrogens (primary N) is 1. The van der Waals surface area contributed by atoms with Crippen LogP contribution in [0.1, 0.15) is 13.8 Å². The lowest BCUT2D eigenvalue weighted by Crippen LogP contribution is -2.15. The minimum atomic E-state index is -0.0659. The van der Waals surface area contributed by atoms with Gasteiger partial charge in [0, 0.05) is 0 Å². The molecule has 0 fully saturated rings. The van der Waals surface area contributed by atoms with Crippen molar-refractivity contribution in [3.63, 3.8) is 0 Å². The van der Waals surface area contributed by atoms with Crippen LogP contribution in [0.4, 0.5) is 17.6 Å². The zero-order valence-electron chi connectivity index (χ0n) is 11.4. The number of benzene rings is 1. The summed E-state index contributed by atoms with van der Waals surface area (Å²) in [4.78, 5) is 12.3. The number of nitrogen functional groups attached to an aromatic ring is 1. The Labute approximate surface area is 135 Å². The summed E-state index contributed by atoms with van der Waals surface area (Å²) in [6.07, 6.45) is -0.0659. The summed E-state index contributed by atoms with van der Waals surface area (Å²) in [5.41, 5.74) is 3.09. The number of hydrazine groups is 1. The van der Waals surface area contributed by atoms with Gasteiger partial charge in [0.15, 0.2) is 0 Å². The minimum absolute atomic E-state index is 0.0659. The molecule has 0 unspecified atom stereocenters. The molecule has 1 heterocycles. The Kier molecular flexibility index (Phi) is 5.16. The summed E-state index contributed by atoms with van der Waals surface area (Å²) in [6.45, 7) is 3.75. The molecule has 0 saturated heterocycles. The first kappa shape index (κ1) is 15.7. The van der Waals surface area contributed by atoms with Crippen LogP contribution in [0.5, 0.6) is 6.01 Å². The van der Waals surface area contributed by atoms with Crippen molar-refractivity contribution in [3.05, 3.63) is 27.7 Å². The van der Waals surface area contributed by atoms with Gasteiger partial charge in [-0.25, -0.2) is 5.84 Å². The van der Waals surface area contributed by atoms with Crippen LogP contribution >= 0.6 is 27.5 Å². The molecular formula is C12H14BrClN6O. The van der Waals surface area contributed by atoms with Crippen molar-refractivity contribution in [2.45, 2.75) is 20.0 Å². The Bertz CT molecular complexity index is 639. The molecule has 7 nitrogen and oxygen atoms in total. The summed E-state index contributed by atoms with van der Waals surface area (Å²) in [6, 6.07) is 5.58. The first-order valence-electron chi connectivity index (χ1n) is 6.10. The lowest BCUT2D eigenvalue weighted by atomic mass is 10.3. The molecule has 112 valence electrons. The van der Waals surface area contributed by atoms with Crippen molar-refractivity contribution in [1.29, 1.82) is 0 Å². The maximum Gasteiger partial charge on any atom is 0.323 e. The van der Waals surface area contributed by atoms with Gasteiger partial charge >= 0.3 is 6.01 Å². The largest absolute Gasteiger partial charge is 0.461 e. The van der Waals surface area contributed by atoms with E-state index in [2.05, 4.69) is 41.6 Å². The number of hydrogen-bond donors (Lipinski definition) is 3. The Balaban J connectivity index is 2.32. The predicted molar refractivity (Wildman–Crippen MR) is 85.8 cm³/mol. The fourth-order valence-electron chi connectivity index (χ4n) is 1.46. The monoisotopic (exact) mass is 372 g/mol. The number of anilines is 3. The predicted octanol–water partition coefficient (Wildman–Crippen LogP) is 3.10. The molecule has 2 rings (SSSR count). The summed E-state index contributed by atoms with van der Waals surface area (Å²) < 4.78 is 6.16. The van der Waals surface area contributed by atoms with Gasteiger partial charge < -0.3 is 10.1 Å². The van der Waals surface area contributed by atoms with Crippen molar-refractivity contribution in [3.8, 4) is 6.01 Å². The minimum Gasteiger partial charge on any atom is -0.461 e. The molecule has 1 aromatic carbocycles. The van der Waals surface area contributed by atoms with E-state index in [0.29, 0.717) is 15.2 Å². The third kappa shape index (κ3) is 4.16. The average Bonchev–Trinajstić information content (AvgIpc) is 2.43. The Hall–Kier alpha value is -1.64. The molecule has 2 aromatic rings. The van der Waals surface area contributed by atoms with Crippen LogP contribution in [0, 0.1) is 0 Å². The first-order valence-corrected chi connectivity index (χ1v) is 7.27. The van der Waals surface area contributed by atoms with Crippen LogP contribution in [0.15, 0.2) is 22.7 Å². The maximum absolute atomic E-state index is 6.04. The molecule has 0 radical (unpaired) electrons. The summed E-state index contributed by atoms with van der Waals surface area (Å²) in [5, 5.41) is 3.61. The lowest BCUT2D eigenvalue weighted by Gasteiger charge is -2.12. The Morgan fingerprint density at radius 2 is 1.95 bits per heavy atom. The van der Waals surface area contributed by atoms with Crippen LogP contribution in [-0.4, -0.2) is 21.1 Å². The number of rotatable bonds is 5.